The summed E-state index contributed by atoms with van der Waals surface area (Å²) >= 11 is 5.73. The Kier molecular flexibility index (Phi) is 6.66. The maximum absolute atomic E-state index is 12.8. The number of amides is 2. The molecule has 0 spiro atoms. The topological polar surface area (TPSA) is 46.6 Å². The monoisotopic (exact) mass is 335 g/mol. The molecule has 1 aromatic rings. The largest absolute Gasteiger partial charge is 0.447 e. The predicted molar refractivity (Wildman–Crippen MR) is 90.4 cm³/mol. The maximum Gasteiger partial charge on any atom is 0.416 e. The lowest BCUT2D eigenvalue weighted by Gasteiger charge is -2.24. The minimum atomic E-state index is -0.545. The van der Waals surface area contributed by atoms with Gasteiger partial charge in [-0.2, -0.15) is 0 Å². The number of hydrogen-bond donors (Lipinski definition) is 0. The number of benzene rings is 1. The maximum atomic E-state index is 12.8. The van der Waals surface area contributed by atoms with Crippen LogP contribution in [0.25, 0.3) is 0 Å². The Morgan fingerprint density at radius 3 is 2.83 bits per heavy atom. The average Bonchev–Trinajstić information content (AvgIpc) is 2.92. The van der Waals surface area contributed by atoms with Gasteiger partial charge in [-0.05, 0) is 31.2 Å². The van der Waals surface area contributed by atoms with Crippen LogP contribution in [0.2, 0.25) is 0 Å². The Hall–Kier alpha value is -1.81. The standard InChI is InChI=1S/C18H22ClNO3/c1-2-7-15(10-6-11-19)17(21)20-16(13-23-18(20)22)12-14-8-4-3-5-9-14/h2-5,8-9,15-16H,1,6-7,10-13H2/t15-,16-/m1/s1. The van der Waals surface area contributed by atoms with Crippen molar-refractivity contribution in [2.24, 2.45) is 5.92 Å². The summed E-state index contributed by atoms with van der Waals surface area (Å²) in [4.78, 5) is 26.1. The zero-order valence-electron chi connectivity index (χ0n) is 13.1. The SMILES string of the molecule is C=CC[C@H](CCCCl)C(=O)N1C(=O)OC[C@H]1Cc1ccccc1. The fraction of sp³-hybridized carbons (Fsp3) is 0.444. The molecule has 0 bridgehead atoms. The zero-order chi connectivity index (χ0) is 16.7. The summed E-state index contributed by atoms with van der Waals surface area (Å²) < 4.78 is 5.12. The molecule has 0 aliphatic carbocycles. The first kappa shape index (κ1) is 17.5. The van der Waals surface area contributed by atoms with E-state index in [0.29, 0.717) is 25.1 Å². The third kappa shape index (κ3) is 4.58. The number of carbonyl (C=O) groups excluding carboxylic acids is 2. The van der Waals surface area contributed by atoms with Crippen molar-refractivity contribution in [3.8, 4) is 0 Å². The molecule has 2 rings (SSSR count). The van der Waals surface area contributed by atoms with Gasteiger partial charge in [0.1, 0.15) is 6.61 Å². The van der Waals surface area contributed by atoms with E-state index in [4.69, 9.17) is 16.3 Å². The van der Waals surface area contributed by atoms with Crippen LogP contribution in [0.1, 0.15) is 24.8 Å². The normalized spacial score (nSPS) is 18.6. The summed E-state index contributed by atoms with van der Waals surface area (Å²) in [5.74, 6) is 0.0485. The predicted octanol–water partition coefficient (Wildman–Crippen LogP) is 3.79. The van der Waals surface area contributed by atoms with E-state index < -0.39 is 6.09 Å². The molecule has 23 heavy (non-hydrogen) atoms. The van der Waals surface area contributed by atoms with Crippen LogP contribution in [0.5, 0.6) is 0 Å². The number of rotatable bonds is 8. The number of hydrogen-bond acceptors (Lipinski definition) is 3. The minimum Gasteiger partial charge on any atom is -0.447 e. The second-order valence-electron chi connectivity index (χ2n) is 5.68. The molecule has 0 aromatic heterocycles. The average molecular weight is 336 g/mol. The van der Waals surface area contributed by atoms with Crippen LogP contribution in [-0.4, -0.2) is 35.4 Å². The fourth-order valence-corrected chi connectivity index (χ4v) is 2.98. The van der Waals surface area contributed by atoms with Crippen LogP contribution < -0.4 is 0 Å². The Balaban J connectivity index is 2.10. The Bertz CT molecular complexity index is 546. The highest BCUT2D eigenvalue weighted by Crippen LogP contribution is 2.23. The molecule has 1 aliphatic rings. The summed E-state index contributed by atoms with van der Waals surface area (Å²) in [6, 6.07) is 9.55. The second-order valence-corrected chi connectivity index (χ2v) is 6.06. The van der Waals surface area contributed by atoms with Gasteiger partial charge in [0.15, 0.2) is 0 Å². The summed E-state index contributed by atoms with van der Waals surface area (Å²) in [5.41, 5.74) is 1.08. The van der Waals surface area contributed by atoms with E-state index in [1.807, 2.05) is 30.3 Å². The van der Waals surface area contributed by atoms with Crippen molar-refractivity contribution in [3.05, 3.63) is 48.6 Å². The van der Waals surface area contributed by atoms with Crippen LogP contribution in [0.4, 0.5) is 4.79 Å². The number of ether oxygens (including phenoxy) is 1. The van der Waals surface area contributed by atoms with Gasteiger partial charge in [-0.25, -0.2) is 9.69 Å². The molecule has 0 unspecified atom stereocenters. The first-order valence-electron chi connectivity index (χ1n) is 7.88. The van der Waals surface area contributed by atoms with Crippen molar-refractivity contribution in [2.45, 2.75) is 31.7 Å². The number of imide groups is 1. The summed E-state index contributed by atoms with van der Waals surface area (Å²) in [7, 11) is 0. The molecule has 4 nitrogen and oxygen atoms in total. The lowest BCUT2D eigenvalue weighted by atomic mass is 9.96. The molecular formula is C18H22ClNO3. The number of alkyl halides is 1. The molecule has 1 fully saturated rings. The number of nitrogens with zero attached hydrogens (tertiary/aromatic N) is 1. The number of cyclic esters (lactones) is 1. The summed E-state index contributed by atoms with van der Waals surface area (Å²) in [5, 5.41) is 0. The first-order chi connectivity index (χ1) is 11.2. The van der Waals surface area contributed by atoms with Crippen molar-refractivity contribution < 1.29 is 14.3 Å². The molecule has 2 amide bonds. The van der Waals surface area contributed by atoms with Gasteiger partial charge in [-0.15, -0.1) is 18.2 Å². The molecule has 1 saturated heterocycles. The van der Waals surface area contributed by atoms with Crippen molar-refractivity contribution in [1.82, 2.24) is 4.90 Å². The molecule has 1 aromatic carbocycles. The molecule has 2 atom stereocenters. The minimum absolute atomic E-state index is 0.182. The van der Waals surface area contributed by atoms with Gasteiger partial charge in [0, 0.05) is 11.8 Å². The molecule has 0 saturated carbocycles. The Morgan fingerprint density at radius 2 is 2.17 bits per heavy atom. The van der Waals surface area contributed by atoms with Crippen LogP contribution in [0, 0.1) is 5.92 Å². The molecule has 5 heteroatoms. The van der Waals surface area contributed by atoms with E-state index in [9.17, 15) is 9.59 Å². The van der Waals surface area contributed by atoms with Gasteiger partial charge in [-0.1, -0.05) is 36.4 Å². The van der Waals surface area contributed by atoms with Gasteiger partial charge < -0.3 is 4.74 Å². The Labute approximate surface area is 142 Å². The van der Waals surface area contributed by atoms with E-state index in [2.05, 4.69) is 6.58 Å². The number of carbonyl (C=O) groups is 2. The lowest BCUT2D eigenvalue weighted by Crippen LogP contribution is -2.43. The van der Waals surface area contributed by atoms with Crippen molar-refractivity contribution >= 4 is 23.6 Å². The molecule has 1 heterocycles. The van der Waals surface area contributed by atoms with Gasteiger partial charge >= 0.3 is 6.09 Å². The highest BCUT2D eigenvalue weighted by atomic mass is 35.5. The smallest absolute Gasteiger partial charge is 0.416 e. The van der Waals surface area contributed by atoms with Gasteiger partial charge in [0.2, 0.25) is 5.91 Å². The lowest BCUT2D eigenvalue weighted by molar-refractivity contribution is -0.133. The van der Waals surface area contributed by atoms with E-state index in [1.165, 1.54) is 4.90 Å². The highest BCUT2D eigenvalue weighted by molar-refractivity contribution is 6.17. The van der Waals surface area contributed by atoms with Gasteiger partial charge in [0.05, 0.1) is 6.04 Å². The van der Waals surface area contributed by atoms with Crippen LogP contribution in [0.3, 0.4) is 0 Å². The first-order valence-corrected chi connectivity index (χ1v) is 8.41. The van der Waals surface area contributed by atoms with Crippen LogP contribution in [-0.2, 0) is 16.0 Å². The fourth-order valence-electron chi connectivity index (χ4n) is 2.83. The van der Waals surface area contributed by atoms with Crippen LogP contribution in [0.15, 0.2) is 43.0 Å². The third-order valence-corrected chi connectivity index (χ3v) is 4.27. The molecule has 0 radical (unpaired) electrons. The van der Waals surface area contributed by atoms with Crippen molar-refractivity contribution in [1.29, 1.82) is 0 Å². The molecule has 0 N–H and O–H groups in total. The summed E-state index contributed by atoms with van der Waals surface area (Å²) in [6.45, 7) is 3.95. The summed E-state index contributed by atoms with van der Waals surface area (Å²) in [6.07, 6.45) is 3.70. The highest BCUT2D eigenvalue weighted by Gasteiger charge is 2.40. The molecule has 1 aliphatic heterocycles. The van der Waals surface area contributed by atoms with Crippen LogP contribution >= 0.6 is 11.6 Å². The van der Waals surface area contributed by atoms with E-state index in [-0.39, 0.29) is 24.5 Å². The number of halogens is 1. The third-order valence-electron chi connectivity index (χ3n) is 4.00. The molecular weight excluding hydrogens is 314 g/mol. The van der Waals surface area contributed by atoms with Crippen molar-refractivity contribution in [2.75, 3.05) is 12.5 Å². The second kappa shape index (κ2) is 8.73. The van der Waals surface area contributed by atoms with Gasteiger partial charge in [-0.3, -0.25) is 4.79 Å². The van der Waals surface area contributed by atoms with E-state index >= 15 is 0 Å². The van der Waals surface area contributed by atoms with E-state index in [0.717, 1.165) is 12.0 Å². The Morgan fingerprint density at radius 1 is 1.43 bits per heavy atom. The van der Waals surface area contributed by atoms with E-state index in [1.54, 1.807) is 6.08 Å². The van der Waals surface area contributed by atoms with Gasteiger partial charge in [0.25, 0.3) is 0 Å². The number of allylic oxidation sites excluding steroid dienone is 1. The van der Waals surface area contributed by atoms with Crippen molar-refractivity contribution in [3.63, 3.8) is 0 Å². The quantitative estimate of drug-likeness (QED) is 0.536. The zero-order valence-corrected chi connectivity index (χ0v) is 13.9. The molecule has 124 valence electrons.